The number of aryl methyl sites for hydroxylation is 2. The number of carboxylic acid groups (broad SMARTS) is 1. The number of nitrogens with zero attached hydrogens (tertiary/aromatic N) is 1. The molecule has 3 aromatic carbocycles. The van der Waals surface area contributed by atoms with Crippen LogP contribution in [0.4, 0.5) is 10.1 Å². The number of aliphatic carboxylic acids is 1. The first kappa shape index (κ1) is 23.6. The van der Waals surface area contributed by atoms with Crippen LogP contribution in [0.2, 0.25) is 0 Å². The monoisotopic (exact) mass is 463 g/mol. The Labute approximate surface area is 199 Å². The summed E-state index contributed by atoms with van der Waals surface area (Å²) in [5.74, 6) is -0.0737. The number of carbonyl (C=O) groups is 1. The van der Waals surface area contributed by atoms with Crippen molar-refractivity contribution in [2.24, 2.45) is 0 Å². The van der Waals surface area contributed by atoms with Crippen molar-refractivity contribution in [3.63, 3.8) is 0 Å². The van der Waals surface area contributed by atoms with Gasteiger partial charge < -0.3 is 19.5 Å². The van der Waals surface area contributed by atoms with Gasteiger partial charge >= 0.3 is 5.97 Å². The summed E-state index contributed by atoms with van der Waals surface area (Å²) in [6, 6.07) is 18.7. The maximum atomic E-state index is 14.3. The van der Waals surface area contributed by atoms with Crippen LogP contribution in [-0.2, 0) is 24.2 Å². The molecule has 34 heavy (non-hydrogen) atoms. The zero-order valence-electron chi connectivity index (χ0n) is 19.4. The fourth-order valence-corrected chi connectivity index (χ4v) is 4.41. The summed E-state index contributed by atoms with van der Waals surface area (Å²) in [6.45, 7) is 4.84. The maximum Gasteiger partial charge on any atom is 0.303 e. The molecule has 1 heterocycles. The number of fused-ring (bicyclic) bond motifs is 1. The zero-order chi connectivity index (χ0) is 23.9. The highest BCUT2D eigenvalue weighted by Gasteiger charge is 2.21. The fourth-order valence-electron chi connectivity index (χ4n) is 4.41. The Bertz CT molecular complexity index is 1130. The second kappa shape index (κ2) is 11.1. The Balaban J connectivity index is 1.41. The number of rotatable bonds is 10. The molecule has 0 aliphatic carbocycles. The number of halogens is 1. The molecule has 0 aromatic heterocycles. The van der Waals surface area contributed by atoms with Crippen LogP contribution >= 0.6 is 0 Å². The van der Waals surface area contributed by atoms with Crippen molar-refractivity contribution in [2.75, 3.05) is 24.6 Å². The van der Waals surface area contributed by atoms with E-state index >= 15 is 0 Å². The smallest absolute Gasteiger partial charge is 0.303 e. The number of para-hydroxylation sites is 1. The molecule has 0 fully saturated rings. The Morgan fingerprint density at radius 2 is 1.82 bits per heavy atom. The minimum atomic E-state index is -0.941. The molecule has 3 aromatic rings. The average Bonchev–Trinajstić information content (AvgIpc) is 2.83. The van der Waals surface area contributed by atoms with E-state index in [2.05, 4.69) is 24.0 Å². The number of anilines is 1. The molecule has 1 aliphatic rings. The molecule has 0 unspecified atom stereocenters. The van der Waals surface area contributed by atoms with Crippen LogP contribution in [-0.4, -0.2) is 30.8 Å². The molecule has 0 amide bonds. The Kier molecular flexibility index (Phi) is 7.68. The van der Waals surface area contributed by atoms with E-state index in [0.29, 0.717) is 24.5 Å². The van der Waals surface area contributed by atoms with Crippen molar-refractivity contribution in [1.29, 1.82) is 0 Å². The summed E-state index contributed by atoms with van der Waals surface area (Å²) in [7, 11) is 0. The summed E-state index contributed by atoms with van der Waals surface area (Å²) in [4.78, 5) is 13.1. The average molecular weight is 464 g/mol. The minimum Gasteiger partial charge on any atom is -0.492 e. The van der Waals surface area contributed by atoms with Crippen LogP contribution < -0.4 is 14.4 Å². The lowest BCUT2D eigenvalue weighted by Crippen LogP contribution is -2.34. The van der Waals surface area contributed by atoms with Gasteiger partial charge in [-0.05, 0) is 66.6 Å². The number of ether oxygens (including phenoxy) is 2. The van der Waals surface area contributed by atoms with Gasteiger partial charge in [-0.3, -0.25) is 4.79 Å². The summed E-state index contributed by atoms with van der Waals surface area (Å²) in [6.07, 6.45) is 2.23. The van der Waals surface area contributed by atoms with E-state index in [-0.39, 0.29) is 12.8 Å². The topological polar surface area (TPSA) is 59.0 Å². The quantitative estimate of drug-likeness (QED) is 0.426. The minimum absolute atomic E-state index is 0.0989. The third kappa shape index (κ3) is 5.87. The van der Waals surface area contributed by atoms with Gasteiger partial charge in [0.15, 0.2) is 0 Å². The normalized spacial score (nSPS) is 12.8. The Morgan fingerprint density at radius 1 is 1.03 bits per heavy atom. The summed E-state index contributed by atoms with van der Waals surface area (Å²) >= 11 is 0. The first-order valence-electron chi connectivity index (χ1n) is 11.7. The Morgan fingerprint density at radius 3 is 2.59 bits per heavy atom. The lowest BCUT2D eigenvalue weighted by Gasteiger charge is -2.33. The number of hydrogen-bond donors (Lipinski definition) is 1. The summed E-state index contributed by atoms with van der Waals surface area (Å²) < 4.78 is 26.1. The molecule has 5 nitrogen and oxygen atoms in total. The lowest BCUT2D eigenvalue weighted by atomic mass is 9.95. The van der Waals surface area contributed by atoms with Crippen LogP contribution in [0.15, 0.2) is 60.7 Å². The third-order valence-electron chi connectivity index (χ3n) is 6.22. The highest BCUT2D eigenvalue weighted by molar-refractivity contribution is 5.67. The summed E-state index contributed by atoms with van der Waals surface area (Å²) in [5, 5.41) is 8.80. The van der Waals surface area contributed by atoms with Gasteiger partial charge in [-0.25, -0.2) is 4.39 Å². The van der Waals surface area contributed by atoms with E-state index in [1.165, 1.54) is 22.9 Å². The fraction of sp³-hybridized carbons (Fsp3) is 0.321. The van der Waals surface area contributed by atoms with Gasteiger partial charge in [0, 0.05) is 24.7 Å². The SMILES string of the molecule is Cc1c(COc2ccc(CCC(=O)O)c(F)c2)ccc2c1N(CCOc1ccccc1)CCC2. The molecule has 178 valence electrons. The van der Waals surface area contributed by atoms with E-state index in [9.17, 15) is 9.18 Å². The highest BCUT2D eigenvalue weighted by atomic mass is 19.1. The van der Waals surface area contributed by atoms with Crippen LogP contribution in [0.1, 0.15) is 35.1 Å². The molecular weight excluding hydrogens is 433 g/mol. The molecule has 0 spiro atoms. The van der Waals surface area contributed by atoms with Crippen molar-refractivity contribution >= 4 is 11.7 Å². The van der Waals surface area contributed by atoms with Gasteiger partial charge in [0.25, 0.3) is 0 Å². The predicted molar refractivity (Wildman–Crippen MR) is 130 cm³/mol. The molecule has 1 N–H and O–H groups in total. The molecule has 0 bridgehead atoms. The number of hydrogen-bond acceptors (Lipinski definition) is 4. The van der Waals surface area contributed by atoms with Crippen molar-refractivity contribution in [3.05, 3.63) is 88.7 Å². The van der Waals surface area contributed by atoms with Crippen LogP contribution in [0.5, 0.6) is 11.5 Å². The van der Waals surface area contributed by atoms with Crippen LogP contribution in [0.25, 0.3) is 0 Å². The zero-order valence-corrected chi connectivity index (χ0v) is 19.4. The third-order valence-corrected chi connectivity index (χ3v) is 6.22. The largest absolute Gasteiger partial charge is 0.492 e. The molecule has 0 radical (unpaired) electrons. The highest BCUT2D eigenvalue weighted by Crippen LogP contribution is 2.33. The molecule has 0 saturated carbocycles. The van der Waals surface area contributed by atoms with Gasteiger partial charge in [0.05, 0.1) is 6.54 Å². The van der Waals surface area contributed by atoms with Gasteiger partial charge in [-0.1, -0.05) is 36.4 Å². The molecular formula is C28H30FNO4. The predicted octanol–water partition coefficient (Wildman–Crippen LogP) is 5.56. The first-order valence-corrected chi connectivity index (χ1v) is 11.7. The van der Waals surface area contributed by atoms with Gasteiger partial charge in [-0.15, -0.1) is 0 Å². The standard InChI is InChI=1S/C28H30FNO4/c1-20-23(19-34-25-13-11-21(26(29)18-25)12-14-27(31)32)10-9-22-6-5-15-30(28(20)22)16-17-33-24-7-3-2-4-8-24/h2-4,7-11,13,18H,5-6,12,14-17,19H2,1H3,(H,31,32). The molecule has 6 heteroatoms. The Hall–Kier alpha value is -3.54. The molecule has 0 atom stereocenters. The van der Waals surface area contributed by atoms with E-state index in [1.54, 1.807) is 12.1 Å². The molecule has 0 saturated heterocycles. The second-order valence-electron chi connectivity index (χ2n) is 8.55. The second-order valence-corrected chi connectivity index (χ2v) is 8.55. The van der Waals surface area contributed by atoms with Crippen molar-refractivity contribution in [2.45, 2.75) is 39.2 Å². The van der Waals surface area contributed by atoms with E-state index in [1.807, 2.05) is 30.3 Å². The van der Waals surface area contributed by atoms with Crippen LogP contribution in [0, 0.1) is 12.7 Å². The van der Waals surface area contributed by atoms with Crippen molar-refractivity contribution in [3.8, 4) is 11.5 Å². The number of benzene rings is 3. The van der Waals surface area contributed by atoms with E-state index in [0.717, 1.165) is 37.2 Å². The van der Waals surface area contributed by atoms with E-state index in [4.69, 9.17) is 14.6 Å². The first-order chi connectivity index (χ1) is 16.5. The maximum absolute atomic E-state index is 14.3. The van der Waals surface area contributed by atoms with Gasteiger partial charge in [0.1, 0.15) is 30.5 Å². The number of carboxylic acids is 1. The van der Waals surface area contributed by atoms with Gasteiger partial charge in [-0.2, -0.15) is 0 Å². The van der Waals surface area contributed by atoms with Crippen molar-refractivity contribution in [1.82, 2.24) is 0 Å². The van der Waals surface area contributed by atoms with Crippen LogP contribution in [0.3, 0.4) is 0 Å². The van der Waals surface area contributed by atoms with E-state index < -0.39 is 11.8 Å². The molecule has 1 aliphatic heterocycles. The van der Waals surface area contributed by atoms with Crippen molar-refractivity contribution < 1.29 is 23.8 Å². The lowest BCUT2D eigenvalue weighted by molar-refractivity contribution is -0.136. The van der Waals surface area contributed by atoms with Gasteiger partial charge in [0.2, 0.25) is 0 Å². The summed E-state index contributed by atoms with van der Waals surface area (Å²) in [5.41, 5.74) is 5.20. The molecule has 4 rings (SSSR count).